The normalized spacial score (nSPS) is 13.8. The number of aromatic nitrogens is 2. The smallest absolute Gasteiger partial charge is 0.215 e. The lowest BCUT2D eigenvalue weighted by Crippen LogP contribution is -2.40. The van der Waals surface area contributed by atoms with Crippen molar-refractivity contribution in [3.05, 3.63) is 11.3 Å². The Bertz CT molecular complexity index is 380. The van der Waals surface area contributed by atoms with E-state index < -0.39 is 5.54 Å². The molecule has 0 radical (unpaired) electrons. The number of nitrogens with two attached hydrogens (primary N) is 1. The zero-order valence-electron chi connectivity index (χ0n) is 11.3. The molecule has 5 nitrogen and oxygen atoms in total. The number of methoxy groups -OCH3 is 1. The second kappa shape index (κ2) is 5.06. The molecular formula is C12H23N3O2. The first-order valence-electron chi connectivity index (χ1n) is 5.80. The lowest BCUT2D eigenvalue weighted by Gasteiger charge is -2.30. The van der Waals surface area contributed by atoms with Gasteiger partial charge in [0.25, 0.3) is 0 Å². The second-order valence-corrected chi connectivity index (χ2v) is 5.02. The van der Waals surface area contributed by atoms with Gasteiger partial charge in [-0.25, -0.2) is 4.68 Å². The number of aliphatic hydroxyl groups excluding tert-OH is 1. The molecule has 0 bridgehead atoms. The fourth-order valence-electron chi connectivity index (χ4n) is 2.31. The maximum Gasteiger partial charge on any atom is 0.215 e. The summed E-state index contributed by atoms with van der Waals surface area (Å²) in [7, 11) is 3.47. The van der Waals surface area contributed by atoms with E-state index in [0.717, 1.165) is 17.1 Å². The van der Waals surface area contributed by atoms with Crippen LogP contribution < -0.4 is 10.5 Å². The van der Waals surface area contributed by atoms with E-state index in [0.29, 0.717) is 6.42 Å². The van der Waals surface area contributed by atoms with Crippen molar-refractivity contribution in [2.75, 3.05) is 13.7 Å². The number of rotatable bonds is 5. The molecule has 1 unspecified atom stereocenters. The van der Waals surface area contributed by atoms with Crippen LogP contribution in [0.1, 0.15) is 37.4 Å². The van der Waals surface area contributed by atoms with Gasteiger partial charge in [-0.2, -0.15) is 5.10 Å². The largest absolute Gasteiger partial charge is 0.481 e. The van der Waals surface area contributed by atoms with E-state index in [2.05, 4.69) is 5.10 Å². The highest BCUT2D eigenvalue weighted by Gasteiger charge is 2.32. The zero-order chi connectivity index (χ0) is 13.2. The van der Waals surface area contributed by atoms with Crippen LogP contribution in [0.3, 0.4) is 0 Å². The average molecular weight is 241 g/mol. The van der Waals surface area contributed by atoms with Crippen molar-refractivity contribution < 1.29 is 9.84 Å². The number of ether oxygens (including phenoxy) is 1. The molecular weight excluding hydrogens is 218 g/mol. The van der Waals surface area contributed by atoms with E-state index >= 15 is 0 Å². The Kier molecular flexibility index (Phi) is 4.16. The molecule has 1 rings (SSSR count). The predicted molar refractivity (Wildman–Crippen MR) is 67.2 cm³/mol. The summed E-state index contributed by atoms with van der Waals surface area (Å²) in [6.45, 7) is 5.95. The van der Waals surface area contributed by atoms with Gasteiger partial charge in [-0.3, -0.25) is 0 Å². The minimum atomic E-state index is -0.427. The molecule has 0 aliphatic rings. The van der Waals surface area contributed by atoms with Gasteiger partial charge < -0.3 is 15.6 Å². The Morgan fingerprint density at radius 1 is 1.53 bits per heavy atom. The molecule has 0 amide bonds. The van der Waals surface area contributed by atoms with E-state index in [-0.39, 0.29) is 12.5 Å². The third-order valence-corrected chi connectivity index (χ3v) is 3.07. The summed E-state index contributed by atoms with van der Waals surface area (Å²) >= 11 is 0. The van der Waals surface area contributed by atoms with Crippen molar-refractivity contribution in [3.8, 4) is 5.88 Å². The standard InChI is InChI=1S/C12H23N3O2/c1-8-10(11(17-5)15(4)14-8)9(6-7-16)12(2,3)13/h9,16H,6-7,13H2,1-5H3. The fraction of sp³-hybridized carbons (Fsp3) is 0.750. The van der Waals surface area contributed by atoms with Crippen LogP contribution in [-0.4, -0.2) is 34.1 Å². The molecule has 98 valence electrons. The molecule has 1 atom stereocenters. The molecule has 0 aromatic carbocycles. The average Bonchev–Trinajstić information content (AvgIpc) is 2.47. The fourth-order valence-corrected chi connectivity index (χ4v) is 2.31. The highest BCUT2D eigenvalue weighted by molar-refractivity contribution is 5.36. The van der Waals surface area contributed by atoms with Crippen LogP contribution >= 0.6 is 0 Å². The van der Waals surface area contributed by atoms with Crippen LogP contribution in [0.4, 0.5) is 0 Å². The molecule has 3 N–H and O–H groups in total. The van der Waals surface area contributed by atoms with Crippen LogP contribution in [-0.2, 0) is 7.05 Å². The number of hydrogen-bond acceptors (Lipinski definition) is 4. The van der Waals surface area contributed by atoms with Crippen LogP contribution in [0.2, 0.25) is 0 Å². The summed E-state index contributed by atoms with van der Waals surface area (Å²) in [4.78, 5) is 0. The van der Waals surface area contributed by atoms with E-state index in [9.17, 15) is 5.11 Å². The van der Waals surface area contributed by atoms with Crippen LogP contribution in [0.15, 0.2) is 0 Å². The summed E-state index contributed by atoms with van der Waals surface area (Å²) in [5, 5.41) is 13.6. The lowest BCUT2D eigenvalue weighted by atomic mass is 9.80. The van der Waals surface area contributed by atoms with Crippen molar-refractivity contribution in [1.82, 2.24) is 9.78 Å². The first kappa shape index (κ1) is 14.0. The molecule has 0 spiro atoms. The molecule has 5 heteroatoms. The second-order valence-electron chi connectivity index (χ2n) is 5.02. The van der Waals surface area contributed by atoms with Gasteiger partial charge >= 0.3 is 0 Å². The van der Waals surface area contributed by atoms with Crippen molar-refractivity contribution >= 4 is 0 Å². The first-order chi connectivity index (χ1) is 7.82. The molecule has 0 saturated heterocycles. The summed E-state index contributed by atoms with van der Waals surface area (Å²) in [5.41, 5.74) is 7.67. The monoisotopic (exact) mass is 241 g/mol. The Morgan fingerprint density at radius 3 is 2.53 bits per heavy atom. The zero-order valence-corrected chi connectivity index (χ0v) is 11.3. The summed E-state index contributed by atoms with van der Waals surface area (Å²) < 4.78 is 7.09. The van der Waals surface area contributed by atoms with Crippen molar-refractivity contribution in [3.63, 3.8) is 0 Å². The van der Waals surface area contributed by atoms with Crippen LogP contribution in [0.25, 0.3) is 0 Å². The Balaban J connectivity index is 3.27. The van der Waals surface area contributed by atoms with Gasteiger partial charge in [-0.15, -0.1) is 0 Å². The molecule has 1 heterocycles. The third-order valence-electron chi connectivity index (χ3n) is 3.07. The van der Waals surface area contributed by atoms with Gasteiger partial charge in [0.2, 0.25) is 5.88 Å². The summed E-state index contributed by atoms with van der Waals surface area (Å²) in [5.74, 6) is 0.746. The van der Waals surface area contributed by atoms with Crippen molar-refractivity contribution in [2.45, 2.75) is 38.6 Å². The minimum Gasteiger partial charge on any atom is -0.481 e. The highest BCUT2D eigenvalue weighted by Crippen LogP contribution is 2.37. The van der Waals surface area contributed by atoms with Crippen molar-refractivity contribution in [2.24, 2.45) is 12.8 Å². The number of nitrogens with zero attached hydrogens (tertiary/aromatic N) is 2. The Labute approximate surface area is 103 Å². The molecule has 0 aliphatic heterocycles. The molecule has 1 aromatic rings. The summed E-state index contributed by atoms with van der Waals surface area (Å²) in [6, 6.07) is 0. The number of aliphatic hydroxyl groups is 1. The number of aryl methyl sites for hydroxylation is 2. The molecule has 0 fully saturated rings. The van der Waals surface area contributed by atoms with Gasteiger partial charge in [0.05, 0.1) is 12.8 Å². The predicted octanol–water partition coefficient (Wildman–Crippen LogP) is 0.940. The van der Waals surface area contributed by atoms with Crippen molar-refractivity contribution in [1.29, 1.82) is 0 Å². The lowest BCUT2D eigenvalue weighted by molar-refractivity contribution is 0.247. The van der Waals surface area contributed by atoms with E-state index in [1.54, 1.807) is 11.8 Å². The minimum absolute atomic E-state index is 0.0242. The van der Waals surface area contributed by atoms with E-state index in [4.69, 9.17) is 10.5 Å². The topological polar surface area (TPSA) is 73.3 Å². The molecule has 0 saturated carbocycles. The van der Waals surface area contributed by atoms with Crippen LogP contribution in [0.5, 0.6) is 5.88 Å². The van der Waals surface area contributed by atoms with Gasteiger partial charge in [-0.05, 0) is 27.2 Å². The van der Waals surface area contributed by atoms with Gasteiger partial charge in [0, 0.05) is 30.7 Å². The summed E-state index contributed by atoms with van der Waals surface area (Å²) in [6.07, 6.45) is 0.604. The van der Waals surface area contributed by atoms with Crippen LogP contribution in [0, 0.1) is 6.92 Å². The highest BCUT2D eigenvalue weighted by atomic mass is 16.5. The molecule has 0 aliphatic carbocycles. The Morgan fingerprint density at radius 2 is 2.12 bits per heavy atom. The third kappa shape index (κ3) is 2.79. The maximum absolute atomic E-state index is 9.20. The van der Waals surface area contributed by atoms with Gasteiger partial charge in [0.15, 0.2) is 0 Å². The number of hydrogen-bond donors (Lipinski definition) is 2. The Hall–Kier alpha value is -1.07. The quantitative estimate of drug-likeness (QED) is 0.804. The SMILES string of the molecule is COc1c(C(CCO)C(C)(C)N)c(C)nn1C. The molecule has 1 aromatic heterocycles. The van der Waals surface area contributed by atoms with Gasteiger partial charge in [0.1, 0.15) is 0 Å². The van der Waals surface area contributed by atoms with E-state index in [1.807, 2.05) is 27.8 Å². The van der Waals surface area contributed by atoms with E-state index in [1.165, 1.54) is 0 Å². The first-order valence-corrected chi connectivity index (χ1v) is 5.80. The maximum atomic E-state index is 9.20. The van der Waals surface area contributed by atoms with Gasteiger partial charge in [-0.1, -0.05) is 0 Å². The molecule has 17 heavy (non-hydrogen) atoms.